The summed E-state index contributed by atoms with van der Waals surface area (Å²) in [5.74, 6) is -1.50. The van der Waals surface area contributed by atoms with E-state index in [1.54, 1.807) is 6.92 Å². The predicted molar refractivity (Wildman–Crippen MR) is 106 cm³/mol. The minimum atomic E-state index is -0.779. The van der Waals surface area contributed by atoms with Crippen LogP contribution in [0.3, 0.4) is 0 Å². The highest BCUT2D eigenvalue weighted by Gasteiger charge is 2.20. The lowest BCUT2D eigenvalue weighted by Crippen LogP contribution is -2.24. The van der Waals surface area contributed by atoms with Gasteiger partial charge < -0.3 is 9.84 Å². The largest absolute Gasteiger partial charge is 0.500 e. The van der Waals surface area contributed by atoms with Gasteiger partial charge in [-0.1, -0.05) is 0 Å². The number of nitrogens with one attached hydrogen (secondary N) is 2. The number of hydrogen-bond donors (Lipinski definition) is 3. The molecule has 2 heterocycles. The van der Waals surface area contributed by atoms with Gasteiger partial charge in [-0.2, -0.15) is 14.9 Å². The Balaban J connectivity index is 1.86. The number of benzene rings is 1. The highest BCUT2D eigenvalue weighted by Crippen LogP contribution is 2.36. The average molecular weight is 428 g/mol. The summed E-state index contributed by atoms with van der Waals surface area (Å²) >= 11 is 0. The van der Waals surface area contributed by atoms with Gasteiger partial charge in [-0.25, -0.2) is 5.43 Å². The number of methoxy groups -OCH3 is 1. The second kappa shape index (κ2) is 8.40. The summed E-state index contributed by atoms with van der Waals surface area (Å²) in [4.78, 5) is 37.1. The lowest BCUT2D eigenvalue weighted by molar-refractivity contribution is -0.386. The summed E-state index contributed by atoms with van der Waals surface area (Å²) in [7, 11) is 1.24. The van der Waals surface area contributed by atoms with E-state index in [-0.39, 0.29) is 28.6 Å². The van der Waals surface area contributed by atoms with Crippen LogP contribution in [0.15, 0.2) is 28.1 Å². The summed E-state index contributed by atoms with van der Waals surface area (Å²) in [5, 5.41) is 36.3. The number of aromatic amines is 1. The molecule has 1 amide bonds. The molecule has 0 aliphatic rings. The highest BCUT2D eigenvalue weighted by atomic mass is 16.6. The number of carbonyl (C=O) groups is 1. The maximum absolute atomic E-state index is 12.5. The number of H-pyrrole nitrogens is 1. The van der Waals surface area contributed by atoms with Crippen LogP contribution in [0.5, 0.6) is 11.5 Å². The molecule has 0 aliphatic heterocycles. The third-order valence-corrected chi connectivity index (χ3v) is 3.99. The van der Waals surface area contributed by atoms with Gasteiger partial charge in [0.1, 0.15) is 11.4 Å². The smallest absolute Gasteiger partial charge is 0.315 e. The number of amides is 1. The Labute approximate surface area is 173 Å². The number of aromatic nitrogens is 5. The molecule has 2 aromatic heterocycles. The van der Waals surface area contributed by atoms with Crippen molar-refractivity contribution in [3.8, 4) is 17.4 Å². The first kappa shape index (κ1) is 21.1. The molecule has 0 fully saturated rings. The number of phenols is 1. The van der Waals surface area contributed by atoms with Crippen molar-refractivity contribution in [3.05, 3.63) is 61.3 Å². The number of carbonyl (C=O) groups excluding carboxylic acids is 1. The average Bonchev–Trinajstić information content (AvgIpc) is 3.12. The molecule has 14 heteroatoms. The molecule has 1 aromatic carbocycles. The Morgan fingerprint density at radius 3 is 2.74 bits per heavy atom. The summed E-state index contributed by atoms with van der Waals surface area (Å²) in [6, 6.07) is 3.81. The van der Waals surface area contributed by atoms with Gasteiger partial charge in [0.2, 0.25) is 5.75 Å². The van der Waals surface area contributed by atoms with Crippen LogP contribution in [-0.4, -0.2) is 54.2 Å². The van der Waals surface area contributed by atoms with Gasteiger partial charge in [0.25, 0.3) is 17.4 Å². The molecule has 0 saturated heterocycles. The third-order valence-electron chi connectivity index (χ3n) is 3.99. The van der Waals surface area contributed by atoms with Crippen molar-refractivity contribution in [1.82, 2.24) is 30.4 Å². The number of hydrazone groups is 1. The van der Waals surface area contributed by atoms with Crippen LogP contribution < -0.4 is 15.7 Å². The second-order valence-electron chi connectivity index (χ2n) is 6.19. The fraction of sp³-hybridized carbons (Fsp3) is 0.176. The van der Waals surface area contributed by atoms with Crippen LogP contribution in [-0.2, 0) is 0 Å². The van der Waals surface area contributed by atoms with E-state index >= 15 is 0 Å². The Kier molecular flexibility index (Phi) is 5.72. The number of aryl methyl sites for hydroxylation is 2. The van der Waals surface area contributed by atoms with Crippen molar-refractivity contribution in [3.63, 3.8) is 0 Å². The van der Waals surface area contributed by atoms with Crippen LogP contribution in [0.25, 0.3) is 5.95 Å². The van der Waals surface area contributed by atoms with Crippen molar-refractivity contribution in [2.75, 3.05) is 7.11 Å². The van der Waals surface area contributed by atoms with Crippen LogP contribution in [0.2, 0.25) is 0 Å². The number of rotatable bonds is 6. The molecule has 3 N–H and O–H groups in total. The van der Waals surface area contributed by atoms with E-state index < -0.39 is 27.8 Å². The second-order valence-corrected chi connectivity index (χ2v) is 6.19. The van der Waals surface area contributed by atoms with E-state index in [0.29, 0.717) is 5.69 Å². The van der Waals surface area contributed by atoms with Crippen LogP contribution in [0.1, 0.15) is 27.4 Å². The van der Waals surface area contributed by atoms with Gasteiger partial charge >= 0.3 is 5.69 Å². The summed E-state index contributed by atoms with van der Waals surface area (Å²) in [6.45, 7) is 3.12. The maximum Gasteiger partial charge on any atom is 0.315 e. The molecular formula is C17H16N8O6. The quantitative estimate of drug-likeness (QED) is 0.282. The maximum atomic E-state index is 12.5. The monoisotopic (exact) mass is 428 g/mol. The van der Waals surface area contributed by atoms with E-state index in [4.69, 9.17) is 4.74 Å². The fourth-order valence-electron chi connectivity index (χ4n) is 2.51. The third kappa shape index (κ3) is 4.36. The molecule has 31 heavy (non-hydrogen) atoms. The fourth-order valence-corrected chi connectivity index (χ4v) is 2.51. The highest BCUT2D eigenvalue weighted by molar-refractivity contribution is 5.94. The predicted octanol–water partition coefficient (Wildman–Crippen LogP) is 0.354. The number of nitrogens with zero attached hydrogens (tertiary/aromatic N) is 6. The Morgan fingerprint density at radius 1 is 1.35 bits per heavy atom. The van der Waals surface area contributed by atoms with E-state index in [0.717, 1.165) is 17.0 Å². The van der Waals surface area contributed by atoms with Crippen molar-refractivity contribution in [1.29, 1.82) is 0 Å². The Bertz CT molecular complexity index is 1260. The number of hydrogen-bond acceptors (Lipinski definition) is 10. The zero-order chi connectivity index (χ0) is 22.7. The zero-order valence-electron chi connectivity index (χ0n) is 16.5. The van der Waals surface area contributed by atoms with Gasteiger partial charge in [-0.05, 0) is 26.0 Å². The lowest BCUT2D eigenvalue weighted by Gasteiger charge is -2.06. The molecule has 0 atom stereocenters. The normalized spacial score (nSPS) is 10.9. The summed E-state index contributed by atoms with van der Waals surface area (Å²) in [6.07, 6.45) is 1.13. The van der Waals surface area contributed by atoms with Gasteiger partial charge in [-0.15, -0.1) is 10.2 Å². The van der Waals surface area contributed by atoms with Gasteiger partial charge in [0.05, 0.1) is 23.9 Å². The molecule has 160 valence electrons. The van der Waals surface area contributed by atoms with Gasteiger partial charge in [0.15, 0.2) is 5.75 Å². The van der Waals surface area contributed by atoms with Gasteiger partial charge in [0, 0.05) is 11.6 Å². The molecule has 0 unspecified atom stereocenters. The van der Waals surface area contributed by atoms with Gasteiger partial charge in [-0.3, -0.25) is 24.7 Å². The van der Waals surface area contributed by atoms with Crippen molar-refractivity contribution >= 4 is 17.8 Å². The number of aromatic hydroxyl groups is 1. The summed E-state index contributed by atoms with van der Waals surface area (Å²) in [5.41, 5.74) is 2.02. The zero-order valence-corrected chi connectivity index (χ0v) is 16.5. The molecule has 0 spiro atoms. The van der Waals surface area contributed by atoms with Crippen molar-refractivity contribution in [2.24, 2.45) is 5.10 Å². The van der Waals surface area contributed by atoms with Crippen molar-refractivity contribution in [2.45, 2.75) is 13.8 Å². The minimum absolute atomic E-state index is 0.0118. The van der Waals surface area contributed by atoms with Crippen LogP contribution >= 0.6 is 0 Å². The lowest BCUT2D eigenvalue weighted by atomic mass is 10.2. The standard InChI is InChI=1S/C17H16N8O6/c1-8-4-12(24(23-8)17-19-15(27)9(2)20-22-17)16(28)21-18-7-10-5-11(25(29)30)14(26)13(6-10)31-3/h4-7,26H,1-3H3,(H,21,28)(H,19,22,27)/b18-7-. The van der Waals surface area contributed by atoms with E-state index in [2.05, 4.69) is 30.8 Å². The van der Waals surface area contributed by atoms with Crippen LogP contribution in [0.4, 0.5) is 5.69 Å². The first-order chi connectivity index (χ1) is 14.7. The van der Waals surface area contributed by atoms with Crippen molar-refractivity contribution < 1.29 is 19.6 Å². The molecule has 3 aromatic rings. The molecular weight excluding hydrogens is 412 g/mol. The number of nitro groups is 1. The molecule has 14 nitrogen and oxygen atoms in total. The Hall–Kier alpha value is -4.62. The number of nitro benzene ring substituents is 1. The number of ether oxygens (including phenoxy) is 1. The SMILES string of the molecule is COc1cc(/C=N\NC(=O)c2cc(C)nn2-c2nnc(C)c(=O)[nH]2)cc([N+](=O)[O-])c1O. The minimum Gasteiger partial charge on any atom is -0.500 e. The molecule has 3 rings (SSSR count). The topological polar surface area (TPSA) is 191 Å². The molecule has 0 saturated carbocycles. The molecule has 0 radical (unpaired) electrons. The van der Waals surface area contributed by atoms with E-state index in [1.807, 2.05) is 0 Å². The first-order valence-electron chi connectivity index (χ1n) is 8.60. The first-order valence-corrected chi connectivity index (χ1v) is 8.60. The van der Waals surface area contributed by atoms with Crippen LogP contribution in [0, 0.1) is 24.0 Å². The number of phenolic OH excluding ortho intramolecular Hbond substituents is 1. The summed E-state index contributed by atoms with van der Waals surface area (Å²) < 4.78 is 6.00. The Morgan fingerprint density at radius 2 is 2.10 bits per heavy atom. The van der Waals surface area contributed by atoms with E-state index in [1.165, 1.54) is 26.2 Å². The molecule has 0 aliphatic carbocycles. The van der Waals surface area contributed by atoms with E-state index in [9.17, 15) is 24.8 Å². The molecule has 0 bridgehead atoms.